The fraction of sp³-hybridized carbons (Fsp3) is 0.412. The molecule has 2 heterocycles. The lowest BCUT2D eigenvalue weighted by Crippen LogP contribution is -2.43. The summed E-state index contributed by atoms with van der Waals surface area (Å²) >= 11 is 1.50. The van der Waals surface area contributed by atoms with E-state index in [0.29, 0.717) is 30.6 Å². The SMILES string of the molecule is CC(C)c1ncc(C(=O)N2CCOCC2c2ccccc2)s1. The largest absolute Gasteiger partial charge is 0.377 e. The Morgan fingerprint density at radius 2 is 2.14 bits per heavy atom. The second-order valence-electron chi connectivity index (χ2n) is 5.72. The van der Waals surface area contributed by atoms with Crippen LogP contribution in [-0.2, 0) is 4.74 Å². The Bertz CT molecular complexity index is 639. The van der Waals surface area contributed by atoms with Crippen LogP contribution in [0, 0.1) is 0 Å². The number of morpholine rings is 1. The molecule has 1 amide bonds. The van der Waals surface area contributed by atoms with Gasteiger partial charge in [-0.05, 0) is 5.56 Å². The number of ether oxygens (including phenoxy) is 1. The maximum atomic E-state index is 12.9. The predicted molar refractivity (Wildman–Crippen MR) is 87.2 cm³/mol. The molecular formula is C17H20N2O2S. The lowest BCUT2D eigenvalue weighted by molar-refractivity contribution is -0.00244. The molecule has 1 aromatic heterocycles. The third-order valence-electron chi connectivity index (χ3n) is 3.80. The summed E-state index contributed by atoms with van der Waals surface area (Å²) < 4.78 is 5.59. The molecule has 1 unspecified atom stereocenters. The topological polar surface area (TPSA) is 42.4 Å². The summed E-state index contributed by atoms with van der Waals surface area (Å²) in [5.41, 5.74) is 1.11. The van der Waals surface area contributed by atoms with E-state index in [1.165, 1.54) is 11.3 Å². The van der Waals surface area contributed by atoms with Crippen LogP contribution in [0.25, 0.3) is 0 Å². The lowest BCUT2D eigenvalue weighted by atomic mass is 10.0. The number of hydrogen-bond donors (Lipinski definition) is 0. The van der Waals surface area contributed by atoms with Crippen molar-refractivity contribution in [1.82, 2.24) is 9.88 Å². The number of amides is 1. The molecule has 0 radical (unpaired) electrons. The van der Waals surface area contributed by atoms with Gasteiger partial charge in [-0.1, -0.05) is 44.2 Å². The Balaban J connectivity index is 1.85. The minimum Gasteiger partial charge on any atom is -0.377 e. The quantitative estimate of drug-likeness (QED) is 0.870. The fourth-order valence-corrected chi connectivity index (χ4v) is 3.47. The number of carbonyl (C=O) groups excluding carboxylic acids is 1. The van der Waals surface area contributed by atoms with E-state index in [2.05, 4.69) is 18.8 Å². The Kier molecular flexibility index (Phi) is 4.55. The summed E-state index contributed by atoms with van der Waals surface area (Å²) in [5, 5.41) is 1.01. The van der Waals surface area contributed by atoms with E-state index < -0.39 is 0 Å². The van der Waals surface area contributed by atoms with Crippen molar-refractivity contribution in [2.45, 2.75) is 25.8 Å². The van der Waals surface area contributed by atoms with Gasteiger partial charge in [-0.25, -0.2) is 4.98 Å². The van der Waals surface area contributed by atoms with Crippen molar-refractivity contribution in [1.29, 1.82) is 0 Å². The first kappa shape index (κ1) is 15.2. The van der Waals surface area contributed by atoms with E-state index in [-0.39, 0.29) is 11.9 Å². The lowest BCUT2D eigenvalue weighted by Gasteiger charge is -2.35. The van der Waals surface area contributed by atoms with E-state index in [0.717, 1.165) is 10.6 Å². The van der Waals surface area contributed by atoms with Gasteiger partial charge in [-0.3, -0.25) is 4.79 Å². The molecule has 0 saturated carbocycles. The number of nitrogens with zero attached hydrogens (tertiary/aromatic N) is 2. The number of carbonyl (C=O) groups is 1. The van der Waals surface area contributed by atoms with Crippen LogP contribution in [-0.4, -0.2) is 35.5 Å². The summed E-state index contributed by atoms with van der Waals surface area (Å²) in [6.07, 6.45) is 1.71. The van der Waals surface area contributed by atoms with Gasteiger partial charge in [-0.2, -0.15) is 0 Å². The van der Waals surface area contributed by atoms with Crippen LogP contribution in [0.5, 0.6) is 0 Å². The van der Waals surface area contributed by atoms with E-state index in [1.54, 1.807) is 6.20 Å². The maximum absolute atomic E-state index is 12.9. The molecule has 116 valence electrons. The molecule has 2 aromatic rings. The molecule has 1 aromatic carbocycles. The number of aromatic nitrogens is 1. The van der Waals surface area contributed by atoms with Crippen molar-refractivity contribution in [3.8, 4) is 0 Å². The van der Waals surface area contributed by atoms with Gasteiger partial charge in [0.1, 0.15) is 4.88 Å². The second-order valence-corrected chi connectivity index (χ2v) is 6.78. The highest BCUT2D eigenvalue weighted by Crippen LogP contribution is 2.28. The Labute approximate surface area is 134 Å². The third kappa shape index (κ3) is 3.05. The van der Waals surface area contributed by atoms with Crippen LogP contribution in [0.4, 0.5) is 0 Å². The zero-order valence-corrected chi connectivity index (χ0v) is 13.7. The zero-order valence-electron chi connectivity index (χ0n) is 12.9. The molecule has 4 nitrogen and oxygen atoms in total. The molecular weight excluding hydrogens is 296 g/mol. The second kappa shape index (κ2) is 6.58. The first-order chi connectivity index (χ1) is 10.7. The highest BCUT2D eigenvalue weighted by molar-refractivity contribution is 7.13. The fourth-order valence-electron chi connectivity index (χ4n) is 2.59. The average Bonchev–Trinajstić information content (AvgIpc) is 3.05. The first-order valence-electron chi connectivity index (χ1n) is 7.56. The minimum absolute atomic E-state index is 0.0213. The molecule has 0 N–H and O–H groups in total. The summed E-state index contributed by atoms with van der Waals surface area (Å²) in [6, 6.07) is 10.0. The Morgan fingerprint density at radius 3 is 2.82 bits per heavy atom. The maximum Gasteiger partial charge on any atom is 0.266 e. The summed E-state index contributed by atoms with van der Waals surface area (Å²) in [5.74, 6) is 0.405. The van der Waals surface area contributed by atoms with Crippen molar-refractivity contribution in [3.63, 3.8) is 0 Å². The van der Waals surface area contributed by atoms with Gasteiger partial charge in [0.2, 0.25) is 0 Å². The van der Waals surface area contributed by atoms with E-state index in [4.69, 9.17) is 4.74 Å². The van der Waals surface area contributed by atoms with Crippen molar-refractivity contribution < 1.29 is 9.53 Å². The van der Waals surface area contributed by atoms with Gasteiger partial charge >= 0.3 is 0 Å². The van der Waals surface area contributed by atoms with E-state index in [1.807, 2.05) is 35.2 Å². The average molecular weight is 316 g/mol. The molecule has 1 saturated heterocycles. The molecule has 0 bridgehead atoms. The van der Waals surface area contributed by atoms with Crippen molar-refractivity contribution in [2.24, 2.45) is 0 Å². The molecule has 1 aliphatic rings. The molecule has 1 aliphatic heterocycles. The summed E-state index contributed by atoms with van der Waals surface area (Å²) in [4.78, 5) is 19.9. The van der Waals surface area contributed by atoms with Crippen LogP contribution in [0.3, 0.4) is 0 Å². The van der Waals surface area contributed by atoms with Crippen molar-refractivity contribution >= 4 is 17.2 Å². The van der Waals surface area contributed by atoms with Gasteiger partial charge in [-0.15, -0.1) is 11.3 Å². The van der Waals surface area contributed by atoms with E-state index in [9.17, 15) is 4.79 Å². The van der Waals surface area contributed by atoms with Crippen LogP contribution in [0.1, 0.15) is 46.0 Å². The molecule has 1 fully saturated rings. The first-order valence-corrected chi connectivity index (χ1v) is 8.38. The highest BCUT2D eigenvalue weighted by atomic mass is 32.1. The number of rotatable bonds is 3. The summed E-state index contributed by atoms with van der Waals surface area (Å²) in [6.45, 7) is 5.94. The van der Waals surface area contributed by atoms with Crippen molar-refractivity contribution in [3.05, 3.63) is 52.0 Å². The van der Waals surface area contributed by atoms with Crippen LogP contribution in [0.15, 0.2) is 36.5 Å². The molecule has 22 heavy (non-hydrogen) atoms. The van der Waals surface area contributed by atoms with E-state index >= 15 is 0 Å². The monoisotopic (exact) mass is 316 g/mol. The van der Waals surface area contributed by atoms with Crippen molar-refractivity contribution in [2.75, 3.05) is 19.8 Å². The van der Waals surface area contributed by atoms with Gasteiger partial charge in [0.05, 0.1) is 30.5 Å². The van der Waals surface area contributed by atoms with Crippen LogP contribution >= 0.6 is 11.3 Å². The van der Waals surface area contributed by atoms with Gasteiger partial charge < -0.3 is 9.64 Å². The predicted octanol–water partition coefficient (Wildman–Crippen LogP) is 3.48. The highest BCUT2D eigenvalue weighted by Gasteiger charge is 2.30. The molecule has 0 spiro atoms. The number of thiazole rings is 1. The van der Waals surface area contributed by atoms with Gasteiger partial charge in [0, 0.05) is 12.5 Å². The summed E-state index contributed by atoms with van der Waals surface area (Å²) in [7, 11) is 0. The molecule has 3 rings (SSSR count). The Morgan fingerprint density at radius 1 is 1.36 bits per heavy atom. The van der Waals surface area contributed by atoms with Gasteiger partial charge in [0.25, 0.3) is 5.91 Å². The Hall–Kier alpha value is -1.72. The smallest absolute Gasteiger partial charge is 0.266 e. The normalized spacial score (nSPS) is 18.7. The third-order valence-corrected chi connectivity index (χ3v) is 5.09. The number of benzene rings is 1. The molecule has 5 heteroatoms. The molecule has 1 atom stereocenters. The van der Waals surface area contributed by atoms with Crippen LogP contribution in [0.2, 0.25) is 0 Å². The number of hydrogen-bond acceptors (Lipinski definition) is 4. The standard InChI is InChI=1S/C17H20N2O2S/c1-12(2)16-18-10-15(22-16)17(20)19-8-9-21-11-14(19)13-6-4-3-5-7-13/h3-7,10,12,14H,8-9,11H2,1-2H3. The zero-order chi connectivity index (χ0) is 15.5. The van der Waals surface area contributed by atoms with Crippen LogP contribution < -0.4 is 0 Å². The minimum atomic E-state index is -0.0213. The van der Waals surface area contributed by atoms with Gasteiger partial charge in [0.15, 0.2) is 0 Å². The molecule has 0 aliphatic carbocycles.